The Morgan fingerprint density at radius 1 is 1.18 bits per heavy atom. The zero-order valence-corrected chi connectivity index (χ0v) is 10.6. The van der Waals surface area contributed by atoms with E-state index in [1.54, 1.807) is 0 Å². The topological polar surface area (TPSA) is 57.6 Å². The second-order valence-electron chi connectivity index (χ2n) is 5.88. The number of piperidine rings is 1. The van der Waals surface area contributed by atoms with Gasteiger partial charge in [-0.3, -0.25) is 9.59 Å². The Morgan fingerprint density at radius 3 is 2.35 bits per heavy atom. The molecule has 1 saturated carbocycles. The lowest BCUT2D eigenvalue weighted by atomic mass is 9.76. The molecule has 0 amide bonds. The highest BCUT2D eigenvalue weighted by Crippen LogP contribution is 2.35. The van der Waals surface area contributed by atoms with E-state index in [0.29, 0.717) is 19.3 Å². The molecule has 4 nitrogen and oxygen atoms in total. The van der Waals surface area contributed by atoms with Gasteiger partial charge in [-0.05, 0) is 39.5 Å². The first-order valence-electron chi connectivity index (χ1n) is 6.47. The molecule has 17 heavy (non-hydrogen) atoms. The van der Waals surface area contributed by atoms with Crippen molar-refractivity contribution < 1.29 is 14.8 Å². The van der Waals surface area contributed by atoms with Gasteiger partial charge in [0.1, 0.15) is 11.6 Å². The first-order chi connectivity index (χ1) is 7.93. The summed E-state index contributed by atoms with van der Waals surface area (Å²) in [5, 5.41) is 11.5. The molecule has 1 saturated heterocycles. The SMILES string of the molecule is CC1(C)CCCC(C2C(=O)CCCC2=O)N1O. The summed E-state index contributed by atoms with van der Waals surface area (Å²) in [6, 6.07) is -0.306. The van der Waals surface area contributed by atoms with Gasteiger partial charge in [-0.15, -0.1) is 0 Å². The molecule has 2 rings (SSSR count). The number of carbonyl (C=O) groups is 2. The molecule has 2 aliphatic rings. The highest BCUT2D eigenvalue weighted by Gasteiger charge is 2.45. The molecular weight excluding hydrogens is 218 g/mol. The van der Waals surface area contributed by atoms with Gasteiger partial charge >= 0.3 is 0 Å². The molecular formula is C13H21NO3. The Morgan fingerprint density at radius 2 is 1.76 bits per heavy atom. The molecule has 0 aromatic carbocycles. The van der Waals surface area contributed by atoms with Gasteiger partial charge < -0.3 is 5.21 Å². The number of ketones is 2. The minimum Gasteiger partial charge on any atom is -0.313 e. The minimum atomic E-state index is -0.590. The quantitative estimate of drug-likeness (QED) is 0.710. The predicted octanol–water partition coefficient (Wildman–Crippen LogP) is 1.95. The molecule has 0 aromatic rings. The second kappa shape index (κ2) is 4.50. The van der Waals surface area contributed by atoms with Crippen LogP contribution in [0, 0.1) is 5.92 Å². The number of Topliss-reactive ketones (excluding diaryl/α,β-unsaturated/α-hetero) is 2. The average molecular weight is 239 g/mol. The Kier molecular flexibility index (Phi) is 3.36. The van der Waals surface area contributed by atoms with Crippen LogP contribution in [0.3, 0.4) is 0 Å². The lowest BCUT2D eigenvalue weighted by Gasteiger charge is -2.46. The van der Waals surface area contributed by atoms with E-state index in [1.807, 2.05) is 13.8 Å². The molecule has 0 bridgehead atoms. The Labute approximate surface area is 102 Å². The van der Waals surface area contributed by atoms with Crippen molar-refractivity contribution in [3.05, 3.63) is 0 Å². The van der Waals surface area contributed by atoms with Crippen molar-refractivity contribution in [3.8, 4) is 0 Å². The number of nitrogens with zero attached hydrogens (tertiary/aromatic N) is 1. The van der Waals surface area contributed by atoms with Crippen molar-refractivity contribution in [2.24, 2.45) is 5.92 Å². The van der Waals surface area contributed by atoms with Crippen molar-refractivity contribution in [2.45, 2.75) is 64.0 Å². The van der Waals surface area contributed by atoms with Crippen LogP contribution in [-0.2, 0) is 9.59 Å². The third kappa shape index (κ3) is 2.29. The van der Waals surface area contributed by atoms with Gasteiger partial charge in [0.15, 0.2) is 0 Å². The summed E-state index contributed by atoms with van der Waals surface area (Å²) >= 11 is 0. The zero-order valence-electron chi connectivity index (χ0n) is 10.6. The maximum atomic E-state index is 11.9. The fraction of sp³-hybridized carbons (Fsp3) is 0.846. The Bertz CT molecular complexity index is 322. The van der Waals surface area contributed by atoms with Gasteiger partial charge in [0.05, 0.1) is 12.0 Å². The van der Waals surface area contributed by atoms with E-state index in [0.717, 1.165) is 19.3 Å². The number of hydrogen-bond acceptors (Lipinski definition) is 4. The van der Waals surface area contributed by atoms with Crippen LogP contribution in [-0.4, -0.2) is 33.4 Å². The standard InChI is InChI=1S/C13H21NO3/c1-13(2)8-4-5-9(14(13)17)12-10(15)6-3-7-11(12)16/h9,12,17H,3-8H2,1-2H3. The van der Waals surface area contributed by atoms with E-state index in [9.17, 15) is 14.8 Å². The lowest BCUT2D eigenvalue weighted by molar-refractivity contribution is -0.221. The van der Waals surface area contributed by atoms with Gasteiger partial charge in [-0.1, -0.05) is 0 Å². The monoisotopic (exact) mass is 239 g/mol. The minimum absolute atomic E-state index is 0.0167. The molecule has 2 fully saturated rings. The molecule has 96 valence electrons. The average Bonchev–Trinajstić information content (AvgIpc) is 2.24. The molecule has 1 N–H and O–H groups in total. The van der Waals surface area contributed by atoms with Crippen molar-refractivity contribution in [3.63, 3.8) is 0 Å². The third-order valence-corrected chi connectivity index (χ3v) is 4.15. The van der Waals surface area contributed by atoms with Crippen LogP contribution in [0.15, 0.2) is 0 Å². The summed E-state index contributed by atoms with van der Waals surface area (Å²) in [6.45, 7) is 3.91. The zero-order chi connectivity index (χ0) is 12.6. The fourth-order valence-electron chi connectivity index (χ4n) is 3.09. The summed E-state index contributed by atoms with van der Waals surface area (Å²) in [4.78, 5) is 23.8. The Hall–Kier alpha value is -0.740. The lowest BCUT2D eigenvalue weighted by Crippen LogP contribution is -2.57. The van der Waals surface area contributed by atoms with E-state index in [4.69, 9.17) is 0 Å². The summed E-state index contributed by atoms with van der Waals surface area (Å²) in [7, 11) is 0. The van der Waals surface area contributed by atoms with Crippen LogP contribution >= 0.6 is 0 Å². The summed E-state index contributed by atoms with van der Waals surface area (Å²) in [6.07, 6.45) is 4.25. The molecule has 0 radical (unpaired) electrons. The van der Waals surface area contributed by atoms with E-state index in [-0.39, 0.29) is 23.1 Å². The highest BCUT2D eigenvalue weighted by atomic mass is 16.5. The van der Waals surface area contributed by atoms with Gasteiger partial charge in [0.2, 0.25) is 0 Å². The van der Waals surface area contributed by atoms with Crippen molar-refractivity contribution in [1.29, 1.82) is 0 Å². The van der Waals surface area contributed by atoms with Crippen LogP contribution in [0.4, 0.5) is 0 Å². The van der Waals surface area contributed by atoms with Gasteiger partial charge in [0, 0.05) is 18.4 Å². The van der Waals surface area contributed by atoms with Crippen LogP contribution in [0.2, 0.25) is 0 Å². The van der Waals surface area contributed by atoms with Crippen molar-refractivity contribution >= 4 is 11.6 Å². The van der Waals surface area contributed by atoms with Crippen LogP contribution in [0.25, 0.3) is 0 Å². The number of rotatable bonds is 1. The molecule has 1 heterocycles. The molecule has 1 atom stereocenters. The van der Waals surface area contributed by atoms with Gasteiger partial charge in [-0.2, -0.15) is 5.06 Å². The number of hydrogen-bond donors (Lipinski definition) is 1. The maximum Gasteiger partial charge on any atom is 0.145 e. The maximum absolute atomic E-state index is 11.9. The predicted molar refractivity (Wildman–Crippen MR) is 62.7 cm³/mol. The van der Waals surface area contributed by atoms with Crippen LogP contribution < -0.4 is 0 Å². The molecule has 1 aliphatic carbocycles. The van der Waals surface area contributed by atoms with Gasteiger partial charge in [-0.25, -0.2) is 0 Å². The largest absolute Gasteiger partial charge is 0.313 e. The van der Waals surface area contributed by atoms with Crippen LogP contribution in [0.1, 0.15) is 52.4 Å². The smallest absolute Gasteiger partial charge is 0.145 e. The third-order valence-electron chi connectivity index (χ3n) is 4.15. The van der Waals surface area contributed by atoms with E-state index < -0.39 is 5.92 Å². The highest BCUT2D eigenvalue weighted by molar-refractivity contribution is 6.05. The Balaban J connectivity index is 2.20. The molecule has 4 heteroatoms. The molecule has 0 spiro atoms. The number of carbonyl (C=O) groups excluding carboxylic acids is 2. The summed E-state index contributed by atoms with van der Waals surface area (Å²) in [5.74, 6) is -0.556. The van der Waals surface area contributed by atoms with Crippen LogP contribution in [0.5, 0.6) is 0 Å². The van der Waals surface area contributed by atoms with E-state index >= 15 is 0 Å². The van der Waals surface area contributed by atoms with Crippen molar-refractivity contribution in [2.75, 3.05) is 0 Å². The second-order valence-corrected chi connectivity index (χ2v) is 5.88. The summed E-state index contributed by atoms with van der Waals surface area (Å²) < 4.78 is 0. The normalized spacial score (nSPS) is 31.8. The first kappa shape index (κ1) is 12.7. The molecule has 0 aromatic heterocycles. The number of hydroxylamine groups is 2. The fourth-order valence-corrected chi connectivity index (χ4v) is 3.09. The summed E-state index contributed by atoms with van der Waals surface area (Å²) in [5.41, 5.74) is -0.332. The first-order valence-corrected chi connectivity index (χ1v) is 6.47. The van der Waals surface area contributed by atoms with E-state index in [2.05, 4.69) is 0 Å². The van der Waals surface area contributed by atoms with E-state index in [1.165, 1.54) is 5.06 Å². The van der Waals surface area contributed by atoms with Gasteiger partial charge in [0.25, 0.3) is 0 Å². The molecule has 1 unspecified atom stereocenters. The van der Waals surface area contributed by atoms with Crippen molar-refractivity contribution in [1.82, 2.24) is 5.06 Å². The molecule has 1 aliphatic heterocycles.